The highest BCUT2D eigenvalue weighted by atomic mass is 35.5. The summed E-state index contributed by atoms with van der Waals surface area (Å²) in [5.41, 5.74) is 3.89. The molecule has 2 aromatic rings. The summed E-state index contributed by atoms with van der Waals surface area (Å²) in [5.74, 6) is -0.639. The fourth-order valence-electron chi connectivity index (χ4n) is 2.43. The van der Waals surface area contributed by atoms with Crippen LogP contribution in [0.5, 0.6) is 0 Å². The number of rotatable bonds is 4. The van der Waals surface area contributed by atoms with E-state index in [-0.39, 0.29) is 10.6 Å². The molecular formula is C18H14ClF3N2OS. The van der Waals surface area contributed by atoms with Gasteiger partial charge in [-0.2, -0.15) is 18.3 Å². The van der Waals surface area contributed by atoms with Gasteiger partial charge in [-0.3, -0.25) is 10.2 Å². The molecule has 2 aromatic carbocycles. The second kappa shape index (κ2) is 6.96. The Bertz CT molecular complexity index is 850. The summed E-state index contributed by atoms with van der Waals surface area (Å²) in [5, 5.41) is 4.46. The van der Waals surface area contributed by atoms with E-state index in [1.54, 1.807) is 24.3 Å². The molecule has 3 rings (SSSR count). The van der Waals surface area contributed by atoms with Gasteiger partial charge in [-0.25, -0.2) is 0 Å². The van der Waals surface area contributed by atoms with Crippen molar-refractivity contribution in [2.45, 2.75) is 24.4 Å². The Morgan fingerprint density at radius 1 is 1.15 bits per heavy atom. The molecule has 3 nitrogen and oxygen atoms in total. The van der Waals surface area contributed by atoms with Crippen molar-refractivity contribution in [1.82, 2.24) is 5.43 Å². The van der Waals surface area contributed by atoms with Gasteiger partial charge in [0.15, 0.2) is 5.78 Å². The van der Waals surface area contributed by atoms with Crippen LogP contribution in [0.4, 0.5) is 13.2 Å². The van der Waals surface area contributed by atoms with E-state index in [0.29, 0.717) is 22.3 Å². The van der Waals surface area contributed by atoms with Gasteiger partial charge in [-0.15, -0.1) is 0 Å². The first kappa shape index (κ1) is 18.8. The number of hydrogen-bond acceptors (Lipinski definition) is 4. The van der Waals surface area contributed by atoms with E-state index in [4.69, 9.17) is 11.6 Å². The van der Waals surface area contributed by atoms with E-state index >= 15 is 0 Å². The van der Waals surface area contributed by atoms with E-state index < -0.39 is 23.3 Å². The Hall–Kier alpha value is -1.99. The molecule has 0 fully saturated rings. The fraction of sp³-hybridized carbons (Fsp3) is 0.222. The minimum absolute atomic E-state index is 0.171. The molecule has 8 heteroatoms. The number of carbonyl (C=O) groups is 1. The molecule has 0 aliphatic carbocycles. The van der Waals surface area contributed by atoms with Crippen LogP contribution in [0.1, 0.15) is 27.9 Å². The summed E-state index contributed by atoms with van der Waals surface area (Å²) >= 11 is 6.28. The van der Waals surface area contributed by atoms with Crippen LogP contribution in [-0.2, 0) is 0 Å². The van der Waals surface area contributed by atoms with Gasteiger partial charge in [0, 0.05) is 16.1 Å². The molecule has 1 atom stereocenters. The highest BCUT2D eigenvalue weighted by molar-refractivity contribution is 8.15. The van der Waals surface area contributed by atoms with Gasteiger partial charge in [-0.05, 0) is 31.2 Å². The van der Waals surface area contributed by atoms with Crippen LogP contribution in [-0.4, -0.2) is 21.9 Å². The maximum absolute atomic E-state index is 13.8. The van der Waals surface area contributed by atoms with Crippen LogP contribution < -0.4 is 5.43 Å². The zero-order chi connectivity index (χ0) is 18.9. The van der Waals surface area contributed by atoms with E-state index in [9.17, 15) is 18.0 Å². The largest absolute Gasteiger partial charge is 0.423 e. The molecule has 136 valence electrons. The van der Waals surface area contributed by atoms with Crippen LogP contribution >= 0.6 is 23.4 Å². The minimum Gasteiger partial charge on any atom is -0.294 e. The van der Waals surface area contributed by atoms with E-state index in [2.05, 4.69) is 10.5 Å². The van der Waals surface area contributed by atoms with Crippen molar-refractivity contribution >= 4 is 34.2 Å². The van der Waals surface area contributed by atoms with Crippen molar-refractivity contribution < 1.29 is 18.0 Å². The van der Waals surface area contributed by atoms with Gasteiger partial charge < -0.3 is 0 Å². The minimum atomic E-state index is -4.67. The summed E-state index contributed by atoms with van der Waals surface area (Å²) in [6.45, 7) is 1.89. The molecule has 26 heavy (non-hydrogen) atoms. The molecule has 0 saturated heterocycles. The maximum Gasteiger partial charge on any atom is 0.423 e. The van der Waals surface area contributed by atoms with E-state index in [0.717, 1.165) is 5.56 Å². The molecule has 1 N–H and O–H groups in total. The van der Waals surface area contributed by atoms with Gasteiger partial charge in [0.25, 0.3) is 0 Å². The van der Waals surface area contributed by atoms with Gasteiger partial charge in [0.1, 0.15) is 5.04 Å². The Morgan fingerprint density at radius 2 is 1.77 bits per heavy atom. The Labute approximate surface area is 157 Å². The highest BCUT2D eigenvalue weighted by Crippen LogP contribution is 2.47. The number of ketones is 1. The van der Waals surface area contributed by atoms with E-state index in [1.807, 2.05) is 6.92 Å². The number of aryl methyl sites for hydroxylation is 1. The lowest BCUT2D eigenvalue weighted by atomic mass is 10.0. The average molecular weight is 399 g/mol. The number of nitrogens with one attached hydrogen (secondary N) is 1. The van der Waals surface area contributed by atoms with Crippen LogP contribution in [0.2, 0.25) is 5.02 Å². The average Bonchev–Trinajstić information content (AvgIpc) is 3.01. The van der Waals surface area contributed by atoms with Crippen molar-refractivity contribution in [1.29, 1.82) is 0 Å². The van der Waals surface area contributed by atoms with Crippen molar-refractivity contribution in [3.63, 3.8) is 0 Å². The van der Waals surface area contributed by atoms with Crippen LogP contribution in [0.15, 0.2) is 53.6 Å². The molecule has 1 aliphatic rings. The zero-order valence-corrected chi connectivity index (χ0v) is 15.2. The fourth-order valence-corrected chi connectivity index (χ4v) is 3.64. The third-order valence-corrected chi connectivity index (χ3v) is 5.53. The Balaban J connectivity index is 1.84. The topological polar surface area (TPSA) is 41.5 Å². The molecule has 0 radical (unpaired) electrons. The number of thioether (sulfide) groups is 1. The monoisotopic (exact) mass is 398 g/mol. The molecule has 1 aliphatic heterocycles. The quantitative estimate of drug-likeness (QED) is 0.722. The lowest BCUT2D eigenvalue weighted by Crippen LogP contribution is -2.51. The molecule has 0 aromatic heterocycles. The first-order valence-electron chi connectivity index (χ1n) is 7.67. The predicted octanol–water partition coefficient (Wildman–Crippen LogP) is 5.18. The lowest BCUT2D eigenvalue weighted by Gasteiger charge is -2.29. The number of Topliss-reactive ketones (excluding diaryl/α,β-unsaturated/α-hetero) is 1. The van der Waals surface area contributed by atoms with E-state index in [1.165, 1.54) is 24.3 Å². The third kappa shape index (κ3) is 3.73. The van der Waals surface area contributed by atoms with Crippen LogP contribution in [0.25, 0.3) is 0 Å². The molecule has 1 heterocycles. The standard InChI is InChI=1S/C18H14ClF3N2OS/c1-11-2-4-13(5-3-11)16-23-24-17(26-16,18(20,21)22)10-15(25)12-6-8-14(19)9-7-12/h2-9,24H,10H2,1H3/t17-/m0/s1. The van der Waals surface area contributed by atoms with Gasteiger partial charge in [0.05, 0.1) is 6.42 Å². The molecule has 0 spiro atoms. The summed E-state index contributed by atoms with van der Waals surface area (Å²) < 4.78 is 41.3. The van der Waals surface area contributed by atoms with Gasteiger partial charge in [-0.1, -0.05) is 53.2 Å². The first-order valence-corrected chi connectivity index (χ1v) is 8.86. The number of hydrogen-bond donors (Lipinski definition) is 1. The molecule has 0 unspecified atom stereocenters. The van der Waals surface area contributed by atoms with Crippen molar-refractivity contribution in [2.75, 3.05) is 0 Å². The molecule has 0 bridgehead atoms. The van der Waals surface area contributed by atoms with Gasteiger partial charge >= 0.3 is 6.18 Å². The maximum atomic E-state index is 13.8. The number of hydrazone groups is 1. The number of alkyl halides is 3. The van der Waals surface area contributed by atoms with Gasteiger partial charge in [0.2, 0.25) is 4.87 Å². The summed E-state index contributed by atoms with van der Waals surface area (Å²) in [7, 11) is 0. The summed E-state index contributed by atoms with van der Waals surface area (Å²) in [6.07, 6.45) is -5.45. The predicted molar refractivity (Wildman–Crippen MR) is 97.6 cm³/mol. The molecule has 0 amide bonds. The highest BCUT2D eigenvalue weighted by Gasteiger charge is 2.60. The SMILES string of the molecule is Cc1ccc(C2=NN[C@](CC(=O)c3ccc(Cl)cc3)(C(F)(F)F)S2)cc1. The second-order valence-electron chi connectivity index (χ2n) is 5.93. The molecule has 0 saturated carbocycles. The van der Waals surface area contributed by atoms with Crippen molar-refractivity contribution in [2.24, 2.45) is 5.10 Å². The Morgan fingerprint density at radius 3 is 2.35 bits per heavy atom. The van der Waals surface area contributed by atoms with Crippen molar-refractivity contribution in [3.05, 3.63) is 70.2 Å². The summed E-state index contributed by atoms with van der Waals surface area (Å²) in [4.78, 5) is 9.91. The third-order valence-electron chi connectivity index (χ3n) is 3.94. The number of nitrogens with zero attached hydrogens (tertiary/aromatic N) is 1. The Kier molecular flexibility index (Phi) is 5.03. The number of halogens is 4. The summed E-state index contributed by atoms with van der Waals surface area (Å²) in [6, 6.07) is 12.8. The molecular weight excluding hydrogens is 385 g/mol. The second-order valence-corrected chi connectivity index (χ2v) is 7.65. The number of benzene rings is 2. The van der Waals surface area contributed by atoms with Crippen molar-refractivity contribution in [3.8, 4) is 0 Å². The lowest BCUT2D eigenvalue weighted by molar-refractivity contribution is -0.165. The normalized spacial score (nSPS) is 19.8. The van der Waals surface area contributed by atoms with Crippen LogP contribution in [0.3, 0.4) is 0 Å². The zero-order valence-electron chi connectivity index (χ0n) is 13.6. The van der Waals surface area contributed by atoms with Crippen LogP contribution in [0, 0.1) is 6.92 Å². The smallest absolute Gasteiger partial charge is 0.294 e. The first-order chi connectivity index (χ1) is 12.2. The number of carbonyl (C=O) groups excluding carboxylic acids is 1.